The fraction of sp³-hybridized carbons (Fsp3) is 0.269. The van der Waals surface area contributed by atoms with Crippen molar-refractivity contribution in [2.45, 2.75) is 32.7 Å². The maximum absolute atomic E-state index is 13.9. The lowest BCUT2D eigenvalue weighted by Gasteiger charge is -2.37. The molecule has 1 unspecified atom stereocenters. The van der Waals surface area contributed by atoms with Gasteiger partial charge in [0.05, 0.1) is 29.5 Å². The molecular formula is C26H24BrN2O6S-. The summed E-state index contributed by atoms with van der Waals surface area (Å²) in [6.07, 6.45) is 1.95. The van der Waals surface area contributed by atoms with Gasteiger partial charge in [0.1, 0.15) is 5.54 Å². The van der Waals surface area contributed by atoms with Crippen LogP contribution in [0.5, 0.6) is 17.2 Å². The van der Waals surface area contributed by atoms with Gasteiger partial charge in [0.25, 0.3) is 5.56 Å². The second kappa shape index (κ2) is 9.94. The molecule has 1 aliphatic heterocycles. The Bertz CT molecular complexity index is 1570. The minimum atomic E-state index is -1.33. The summed E-state index contributed by atoms with van der Waals surface area (Å²) in [5.74, 6) is -0.361. The summed E-state index contributed by atoms with van der Waals surface area (Å²) in [4.78, 5) is 31.4. The second-order valence-electron chi connectivity index (χ2n) is 8.11. The molecule has 1 N–H and O–H groups in total. The number of methoxy groups -OCH3 is 1. The van der Waals surface area contributed by atoms with E-state index in [0.29, 0.717) is 48.7 Å². The van der Waals surface area contributed by atoms with Crippen LogP contribution >= 0.6 is 27.3 Å². The van der Waals surface area contributed by atoms with Crippen LogP contribution in [0.1, 0.15) is 38.3 Å². The Balaban J connectivity index is 2.07. The number of fused-ring (bicyclic) bond motifs is 1. The van der Waals surface area contributed by atoms with Crippen LogP contribution in [0.15, 0.2) is 61.9 Å². The highest BCUT2D eigenvalue weighted by molar-refractivity contribution is 9.10. The van der Waals surface area contributed by atoms with E-state index in [1.54, 1.807) is 43.3 Å². The summed E-state index contributed by atoms with van der Waals surface area (Å²) in [5, 5.41) is 22.1. The predicted molar refractivity (Wildman–Crippen MR) is 138 cm³/mol. The quantitative estimate of drug-likeness (QED) is 0.466. The molecule has 4 rings (SSSR count). The Morgan fingerprint density at radius 3 is 2.61 bits per heavy atom. The van der Waals surface area contributed by atoms with Gasteiger partial charge in [-0.05, 0) is 55.7 Å². The Morgan fingerprint density at radius 1 is 1.25 bits per heavy atom. The van der Waals surface area contributed by atoms with E-state index in [1.807, 2.05) is 13.8 Å². The van der Waals surface area contributed by atoms with Crippen molar-refractivity contribution in [1.82, 2.24) is 4.57 Å². The molecule has 1 aliphatic rings. The molecule has 2 aromatic carbocycles. The van der Waals surface area contributed by atoms with Gasteiger partial charge in [-0.1, -0.05) is 58.1 Å². The van der Waals surface area contributed by atoms with Crippen molar-refractivity contribution >= 4 is 39.3 Å². The second-order valence-corrected chi connectivity index (χ2v) is 9.98. The number of aliphatic carboxylic acids is 1. The van der Waals surface area contributed by atoms with E-state index in [1.165, 1.54) is 29.1 Å². The monoisotopic (exact) mass is 571 g/mol. The molecule has 0 fully saturated rings. The van der Waals surface area contributed by atoms with Gasteiger partial charge >= 0.3 is 5.97 Å². The molecule has 0 spiro atoms. The summed E-state index contributed by atoms with van der Waals surface area (Å²) >= 11 is 4.40. The minimum Gasteiger partial charge on any atom is -0.872 e. The Morgan fingerprint density at radius 2 is 2.00 bits per heavy atom. The molecular weight excluding hydrogens is 548 g/mol. The standard InChI is InChI=1S/C26H25BrN2O6S/c1-5-26(16-8-10-19(34-4)20(13-16)35-6-2)22(24(32)33)14(3)28-25-29(26)23(31)21(36-25)12-15-7-9-18(30)17(27)11-15/h7-13,30H,5-6H2,1-4H3,(H,32,33)/p-1. The van der Waals surface area contributed by atoms with Gasteiger partial charge in [0.15, 0.2) is 16.3 Å². The van der Waals surface area contributed by atoms with Crippen molar-refractivity contribution in [2.24, 2.45) is 4.99 Å². The van der Waals surface area contributed by atoms with E-state index < -0.39 is 11.5 Å². The molecule has 3 aromatic rings. The molecule has 0 radical (unpaired) electrons. The van der Waals surface area contributed by atoms with Gasteiger partial charge in [-0.2, -0.15) is 0 Å². The lowest BCUT2D eigenvalue weighted by Crippen LogP contribution is -2.52. The van der Waals surface area contributed by atoms with Crippen molar-refractivity contribution in [3.63, 3.8) is 0 Å². The highest BCUT2D eigenvalue weighted by Crippen LogP contribution is 2.42. The molecule has 0 amide bonds. The number of allylic oxidation sites excluding steroid dienone is 1. The third-order valence-corrected chi connectivity index (χ3v) is 7.74. The van der Waals surface area contributed by atoms with E-state index >= 15 is 0 Å². The molecule has 0 saturated carbocycles. The Hall–Kier alpha value is -3.37. The molecule has 10 heteroatoms. The molecule has 8 nitrogen and oxygen atoms in total. The van der Waals surface area contributed by atoms with Crippen molar-refractivity contribution in [3.05, 3.63) is 83.0 Å². The molecule has 1 atom stereocenters. The number of carbonyl (C=O) groups is 1. The topological polar surface area (TPSA) is 113 Å². The van der Waals surface area contributed by atoms with Crippen LogP contribution in [0.3, 0.4) is 0 Å². The highest BCUT2D eigenvalue weighted by atomic mass is 79.9. The van der Waals surface area contributed by atoms with E-state index in [9.17, 15) is 19.8 Å². The average Bonchev–Trinajstić information content (AvgIpc) is 3.15. The summed E-state index contributed by atoms with van der Waals surface area (Å²) in [7, 11) is 1.53. The Labute approximate surface area is 219 Å². The van der Waals surface area contributed by atoms with Crippen LogP contribution in [0, 0.1) is 0 Å². The third-order valence-electron chi connectivity index (χ3n) is 6.15. The van der Waals surface area contributed by atoms with Crippen LogP contribution in [0.25, 0.3) is 6.08 Å². The summed E-state index contributed by atoms with van der Waals surface area (Å²) in [6.45, 7) is 5.71. The molecule has 36 heavy (non-hydrogen) atoms. The number of nitrogens with zero attached hydrogens (tertiary/aromatic N) is 2. The lowest BCUT2D eigenvalue weighted by atomic mass is 9.78. The number of aromatic nitrogens is 1. The van der Waals surface area contributed by atoms with Crippen LogP contribution in [-0.4, -0.2) is 29.4 Å². The molecule has 0 aliphatic carbocycles. The van der Waals surface area contributed by atoms with Gasteiger partial charge in [-0.3, -0.25) is 9.36 Å². The summed E-state index contributed by atoms with van der Waals surface area (Å²) in [5.41, 5.74) is -0.120. The van der Waals surface area contributed by atoms with Crippen LogP contribution in [0.2, 0.25) is 0 Å². The van der Waals surface area contributed by atoms with Crippen molar-refractivity contribution in [1.29, 1.82) is 0 Å². The number of benzene rings is 2. The fourth-order valence-corrected chi connectivity index (χ4v) is 6.08. The zero-order valence-corrected chi connectivity index (χ0v) is 22.5. The van der Waals surface area contributed by atoms with Gasteiger partial charge < -0.3 is 19.7 Å². The number of carboxylic acid groups (broad SMARTS) is 1. The minimum absolute atomic E-state index is 0.0232. The van der Waals surface area contributed by atoms with Crippen LogP contribution in [-0.2, 0) is 10.3 Å². The molecule has 2 heterocycles. The van der Waals surface area contributed by atoms with Gasteiger partial charge in [0, 0.05) is 4.47 Å². The first kappa shape index (κ1) is 25.7. The van der Waals surface area contributed by atoms with Gasteiger partial charge in [-0.15, -0.1) is 0 Å². The largest absolute Gasteiger partial charge is 0.872 e. The van der Waals surface area contributed by atoms with E-state index in [0.717, 1.165) is 0 Å². The van der Waals surface area contributed by atoms with Crippen molar-refractivity contribution in [2.75, 3.05) is 13.7 Å². The number of halogens is 1. The van der Waals surface area contributed by atoms with Crippen molar-refractivity contribution in [3.8, 4) is 17.2 Å². The zero-order valence-electron chi connectivity index (χ0n) is 20.1. The first-order valence-electron chi connectivity index (χ1n) is 11.2. The SMILES string of the molecule is CCOc1cc(C2(CC)C(C(=O)O)=C(C)N=c3sc(=Cc4ccc([O-])c(Br)c4)c(=O)n32)ccc1OC. The number of carboxylic acids is 1. The van der Waals surface area contributed by atoms with Crippen LogP contribution < -0.4 is 29.5 Å². The van der Waals surface area contributed by atoms with E-state index in [2.05, 4.69) is 20.9 Å². The maximum atomic E-state index is 13.9. The third kappa shape index (κ3) is 4.14. The summed E-state index contributed by atoms with van der Waals surface area (Å²) in [6, 6.07) is 9.89. The lowest BCUT2D eigenvalue weighted by molar-refractivity contribution is -0.269. The zero-order chi connectivity index (χ0) is 26.2. The van der Waals surface area contributed by atoms with Crippen molar-refractivity contribution < 1.29 is 24.5 Å². The number of rotatable bonds is 7. The number of hydrogen-bond donors (Lipinski definition) is 1. The van der Waals surface area contributed by atoms with E-state index in [-0.39, 0.29) is 23.3 Å². The number of hydrogen-bond acceptors (Lipinski definition) is 7. The van der Waals surface area contributed by atoms with Gasteiger partial charge in [0.2, 0.25) is 0 Å². The first-order valence-corrected chi connectivity index (χ1v) is 12.8. The van der Waals surface area contributed by atoms with Gasteiger partial charge in [-0.25, -0.2) is 9.79 Å². The first-order chi connectivity index (χ1) is 17.2. The smallest absolute Gasteiger partial charge is 0.336 e. The molecule has 1 aromatic heterocycles. The van der Waals surface area contributed by atoms with E-state index in [4.69, 9.17) is 9.47 Å². The number of thiazole rings is 1. The average molecular weight is 572 g/mol. The molecule has 0 bridgehead atoms. The highest BCUT2D eigenvalue weighted by Gasteiger charge is 2.46. The number of ether oxygens (including phenoxy) is 2. The predicted octanol–water partition coefficient (Wildman–Crippen LogP) is 3.13. The summed E-state index contributed by atoms with van der Waals surface area (Å²) < 4.78 is 13.4. The molecule has 0 saturated heterocycles. The Kier molecular flexibility index (Phi) is 7.10. The van der Waals surface area contributed by atoms with Crippen LogP contribution in [0.4, 0.5) is 0 Å². The normalized spacial score (nSPS) is 17.5. The molecule has 188 valence electrons. The fourth-order valence-electron chi connectivity index (χ4n) is 4.60. The maximum Gasteiger partial charge on any atom is 0.336 e.